The molecular weight excluding hydrogens is 331 g/mol. The third kappa shape index (κ3) is 2.57. The molecule has 0 unspecified atom stereocenters. The van der Waals surface area contributed by atoms with Gasteiger partial charge >= 0.3 is 11.9 Å². The van der Waals surface area contributed by atoms with Crippen LogP contribution >= 0.6 is 0 Å². The van der Waals surface area contributed by atoms with Gasteiger partial charge in [0.15, 0.2) is 5.65 Å². The fraction of sp³-hybridized carbons (Fsp3) is 0.111. The van der Waals surface area contributed by atoms with Crippen molar-refractivity contribution in [3.63, 3.8) is 0 Å². The van der Waals surface area contributed by atoms with Crippen molar-refractivity contribution >= 4 is 22.1 Å². The molecule has 0 bridgehead atoms. The van der Waals surface area contributed by atoms with E-state index in [-0.39, 0.29) is 27.6 Å². The lowest BCUT2D eigenvalue weighted by atomic mass is 9.95. The number of rotatable bonds is 1. The zero-order chi connectivity index (χ0) is 17.8. The summed E-state index contributed by atoms with van der Waals surface area (Å²) in [5.74, 6) is 0. The van der Waals surface area contributed by atoms with Crippen LogP contribution in [0.25, 0.3) is 33.2 Å². The number of hydrogen-bond acceptors (Lipinski definition) is 2. The Morgan fingerprint density at radius 1 is 1.00 bits per heavy atom. The van der Waals surface area contributed by atoms with E-state index >= 15 is 0 Å². The van der Waals surface area contributed by atoms with Crippen molar-refractivity contribution in [1.29, 1.82) is 0 Å². The number of H-pyrrole nitrogens is 2. The van der Waals surface area contributed by atoms with Crippen LogP contribution in [-0.4, -0.2) is 15.0 Å². The summed E-state index contributed by atoms with van der Waals surface area (Å²) in [5, 5.41) is -0.0478. The van der Waals surface area contributed by atoms with Gasteiger partial charge in [0.25, 0.3) is 0 Å². The summed E-state index contributed by atoms with van der Waals surface area (Å²) in [6.45, 7) is 1.87. The molecule has 7 heteroatoms. The predicted octanol–water partition coefficient (Wildman–Crippen LogP) is 4.40. The van der Waals surface area contributed by atoms with E-state index in [1.54, 1.807) is 24.3 Å². The zero-order valence-corrected chi connectivity index (χ0v) is 13.0. The van der Waals surface area contributed by atoms with Crippen LogP contribution < -0.4 is 5.69 Å². The fourth-order valence-corrected chi connectivity index (χ4v) is 2.98. The van der Waals surface area contributed by atoms with Crippen molar-refractivity contribution in [1.82, 2.24) is 15.0 Å². The van der Waals surface area contributed by atoms with E-state index in [2.05, 4.69) is 15.0 Å². The molecule has 25 heavy (non-hydrogen) atoms. The van der Waals surface area contributed by atoms with Crippen LogP contribution in [0.2, 0.25) is 0 Å². The molecule has 0 fully saturated rings. The van der Waals surface area contributed by atoms with Gasteiger partial charge in [0.2, 0.25) is 0 Å². The molecule has 0 atom stereocenters. The van der Waals surface area contributed by atoms with Crippen LogP contribution in [0, 0.1) is 6.92 Å². The molecule has 2 heterocycles. The second-order valence-electron chi connectivity index (χ2n) is 5.88. The Morgan fingerprint density at radius 2 is 1.72 bits per heavy atom. The first-order chi connectivity index (χ1) is 11.8. The molecular formula is C18H12F3N3O. The number of aromatic amines is 2. The number of aryl methyl sites for hydroxylation is 1. The summed E-state index contributed by atoms with van der Waals surface area (Å²) in [6.07, 6.45) is -4.56. The Kier molecular flexibility index (Phi) is 3.21. The third-order valence-electron chi connectivity index (χ3n) is 4.12. The lowest BCUT2D eigenvalue weighted by molar-refractivity contribution is -0.135. The van der Waals surface area contributed by atoms with Crippen molar-refractivity contribution in [2.75, 3.05) is 0 Å². The first kappa shape index (κ1) is 15.4. The van der Waals surface area contributed by atoms with Crippen LogP contribution in [-0.2, 0) is 6.18 Å². The summed E-state index contributed by atoms with van der Waals surface area (Å²) in [7, 11) is 0. The van der Waals surface area contributed by atoms with Crippen LogP contribution in [0.4, 0.5) is 13.2 Å². The number of benzene rings is 2. The predicted molar refractivity (Wildman–Crippen MR) is 89.4 cm³/mol. The van der Waals surface area contributed by atoms with Crippen molar-refractivity contribution in [3.8, 4) is 11.1 Å². The highest BCUT2D eigenvalue weighted by molar-refractivity contribution is 5.95. The topological polar surface area (TPSA) is 61.5 Å². The molecule has 0 aliphatic carbocycles. The molecule has 4 aromatic rings. The molecule has 4 rings (SSSR count). The van der Waals surface area contributed by atoms with Crippen molar-refractivity contribution < 1.29 is 13.2 Å². The van der Waals surface area contributed by atoms with Gasteiger partial charge in [-0.2, -0.15) is 13.2 Å². The number of halogens is 3. The Bertz CT molecular complexity index is 1150. The van der Waals surface area contributed by atoms with E-state index in [9.17, 15) is 18.0 Å². The minimum atomic E-state index is -4.56. The van der Waals surface area contributed by atoms with E-state index in [4.69, 9.17) is 0 Å². The summed E-state index contributed by atoms with van der Waals surface area (Å²) in [4.78, 5) is 20.4. The van der Waals surface area contributed by atoms with E-state index in [0.717, 1.165) is 5.56 Å². The largest absolute Gasteiger partial charge is 0.417 e. The van der Waals surface area contributed by atoms with Crippen molar-refractivity contribution in [3.05, 3.63) is 64.1 Å². The molecule has 0 aliphatic heterocycles. The SMILES string of the molecule is Cc1ccc(-c2ccc3nc4[nH]c(=O)[nH]c4cc3c2C(F)(F)F)cc1. The van der Waals surface area contributed by atoms with E-state index in [1.807, 2.05) is 6.92 Å². The molecule has 0 aliphatic rings. The van der Waals surface area contributed by atoms with Crippen molar-refractivity contribution in [2.45, 2.75) is 13.1 Å². The van der Waals surface area contributed by atoms with Gasteiger partial charge in [0.1, 0.15) is 0 Å². The van der Waals surface area contributed by atoms with Crippen LogP contribution in [0.5, 0.6) is 0 Å². The smallest absolute Gasteiger partial charge is 0.304 e. The second kappa shape index (κ2) is 5.20. The average molecular weight is 343 g/mol. The summed E-state index contributed by atoms with van der Waals surface area (Å²) in [5.41, 5.74) is 0.895. The molecule has 0 spiro atoms. The molecule has 0 radical (unpaired) electrons. The van der Waals surface area contributed by atoms with Gasteiger partial charge in [-0.1, -0.05) is 35.9 Å². The van der Waals surface area contributed by atoms with Crippen molar-refractivity contribution in [2.24, 2.45) is 0 Å². The molecule has 4 nitrogen and oxygen atoms in total. The van der Waals surface area contributed by atoms with Gasteiger partial charge in [0.05, 0.1) is 16.6 Å². The van der Waals surface area contributed by atoms with Gasteiger partial charge in [-0.05, 0) is 30.2 Å². The molecule has 0 amide bonds. The number of alkyl halides is 3. The maximum atomic E-state index is 13.8. The van der Waals surface area contributed by atoms with Gasteiger partial charge in [-0.25, -0.2) is 9.78 Å². The molecule has 2 aromatic carbocycles. The van der Waals surface area contributed by atoms with Gasteiger partial charge in [0, 0.05) is 5.39 Å². The maximum Gasteiger partial charge on any atom is 0.417 e. The summed E-state index contributed by atoms with van der Waals surface area (Å²) < 4.78 is 41.5. The Morgan fingerprint density at radius 3 is 2.40 bits per heavy atom. The molecule has 126 valence electrons. The molecule has 2 N–H and O–H groups in total. The van der Waals surface area contributed by atoms with Crippen LogP contribution in [0.15, 0.2) is 47.3 Å². The summed E-state index contributed by atoms with van der Waals surface area (Å²) in [6, 6.07) is 11.1. The number of imidazole rings is 1. The minimum Gasteiger partial charge on any atom is -0.304 e. The lowest BCUT2D eigenvalue weighted by Crippen LogP contribution is -2.08. The zero-order valence-electron chi connectivity index (χ0n) is 13.0. The van der Waals surface area contributed by atoms with Gasteiger partial charge < -0.3 is 4.98 Å². The number of nitrogens with zero attached hydrogens (tertiary/aromatic N) is 1. The van der Waals surface area contributed by atoms with Crippen LogP contribution in [0.1, 0.15) is 11.1 Å². The normalized spacial score (nSPS) is 12.2. The maximum absolute atomic E-state index is 13.8. The number of pyridine rings is 1. The molecule has 2 aromatic heterocycles. The highest BCUT2D eigenvalue weighted by atomic mass is 19.4. The fourth-order valence-electron chi connectivity index (χ4n) is 2.98. The number of aromatic nitrogens is 3. The molecule has 0 saturated heterocycles. The first-order valence-corrected chi connectivity index (χ1v) is 7.53. The molecule has 0 saturated carbocycles. The minimum absolute atomic E-state index is 0.0478. The lowest BCUT2D eigenvalue weighted by Gasteiger charge is -2.16. The average Bonchev–Trinajstić information content (AvgIpc) is 2.90. The van der Waals surface area contributed by atoms with Gasteiger partial charge in [-0.15, -0.1) is 0 Å². The number of nitrogens with one attached hydrogen (secondary N) is 2. The first-order valence-electron chi connectivity index (χ1n) is 7.53. The van der Waals surface area contributed by atoms with E-state index < -0.39 is 17.4 Å². The monoisotopic (exact) mass is 343 g/mol. The Labute approximate surface area is 139 Å². The van der Waals surface area contributed by atoms with E-state index in [0.29, 0.717) is 5.56 Å². The second-order valence-corrected chi connectivity index (χ2v) is 5.88. The quantitative estimate of drug-likeness (QED) is 0.538. The standard InChI is InChI=1S/C18H12F3N3O/c1-9-2-4-10(5-3-9)11-6-7-13-12(15(11)18(19,20)21)8-14-16(22-13)24-17(25)23-14/h2-8H,1H3,(H2,22,23,24,25). The highest BCUT2D eigenvalue weighted by Crippen LogP contribution is 2.41. The van der Waals surface area contributed by atoms with Gasteiger partial charge in [-0.3, -0.25) is 4.98 Å². The number of fused-ring (bicyclic) bond motifs is 2. The van der Waals surface area contributed by atoms with E-state index in [1.165, 1.54) is 18.2 Å². The third-order valence-corrected chi connectivity index (χ3v) is 4.12. The highest BCUT2D eigenvalue weighted by Gasteiger charge is 2.36. The summed E-state index contributed by atoms with van der Waals surface area (Å²) >= 11 is 0. The Balaban J connectivity index is 2.11. The Hall–Kier alpha value is -3.09. The number of hydrogen-bond donors (Lipinski definition) is 2. The van der Waals surface area contributed by atoms with Crippen LogP contribution in [0.3, 0.4) is 0 Å².